The Morgan fingerprint density at radius 3 is 2.91 bits per heavy atom. The zero-order valence-corrected chi connectivity index (χ0v) is 12.5. The van der Waals surface area contributed by atoms with E-state index in [1.807, 2.05) is 30.5 Å². The molecular weight excluding hydrogens is 303 g/mol. The minimum absolute atomic E-state index is 0.107. The summed E-state index contributed by atoms with van der Waals surface area (Å²) >= 11 is 5.87. The molecule has 0 atom stereocenters. The van der Waals surface area contributed by atoms with Gasteiger partial charge in [-0.05, 0) is 41.6 Å². The van der Waals surface area contributed by atoms with Gasteiger partial charge in [-0.3, -0.25) is 4.79 Å². The molecule has 0 fully saturated rings. The summed E-state index contributed by atoms with van der Waals surface area (Å²) in [6.45, 7) is 0.412. The van der Waals surface area contributed by atoms with Crippen LogP contribution in [0.15, 0.2) is 48.7 Å². The SMILES string of the molecule is O=C(NCCc1ccc2cc[nH]c2c1)c1c(F)cccc1Cl. The van der Waals surface area contributed by atoms with E-state index in [1.54, 1.807) is 0 Å². The van der Waals surface area contributed by atoms with Crippen LogP contribution in [-0.2, 0) is 6.42 Å². The average Bonchev–Trinajstić information content (AvgIpc) is 2.94. The Hall–Kier alpha value is -2.33. The normalized spacial score (nSPS) is 10.8. The van der Waals surface area contributed by atoms with Crippen molar-refractivity contribution in [2.75, 3.05) is 6.54 Å². The molecule has 1 amide bonds. The van der Waals surface area contributed by atoms with Crippen molar-refractivity contribution in [2.45, 2.75) is 6.42 Å². The highest BCUT2D eigenvalue weighted by atomic mass is 35.5. The summed E-state index contributed by atoms with van der Waals surface area (Å²) in [6.07, 6.45) is 2.54. The van der Waals surface area contributed by atoms with Crippen LogP contribution >= 0.6 is 11.6 Å². The molecule has 5 heteroatoms. The van der Waals surface area contributed by atoms with E-state index in [2.05, 4.69) is 10.3 Å². The number of aromatic nitrogens is 1. The van der Waals surface area contributed by atoms with Gasteiger partial charge in [0.05, 0.1) is 10.6 Å². The van der Waals surface area contributed by atoms with Crippen LogP contribution in [0.2, 0.25) is 5.02 Å². The van der Waals surface area contributed by atoms with Crippen molar-refractivity contribution in [3.8, 4) is 0 Å². The molecule has 0 aliphatic carbocycles. The van der Waals surface area contributed by atoms with Gasteiger partial charge in [0.2, 0.25) is 0 Å². The quantitative estimate of drug-likeness (QED) is 0.752. The molecule has 1 heterocycles. The monoisotopic (exact) mass is 316 g/mol. The molecule has 0 aliphatic rings. The molecule has 112 valence electrons. The van der Waals surface area contributed by atoms with Crippen molar-refractivity contribution in [3.63, 3.8) is 0 Å². The van der Waals surface area contributed by atoms with Gasteiger partial charge >= 0.3 is 0 Å². The summed E-state index contributed by atoms with van der Waals surface area (Å²) in [5.41, 5.74) is 2.04. The zero-order chi connectivity index (χ0) is 15.5. The van der Waals surface area contributed by atoms with E-state index in [0.29, 0.717) is 13.0 Å². The molecule has 3 aromatic rings. The van der Waals surface area contributed by atoms with Crippen LogP contribution < -0.4 is 5.32 Å². The van der Waals surface area contributed by atoms with E-state index in [4.69, 9.17) is 11.6 Å². The fourth-order valence-corrected chi connectivity index (χ4v) is 2.62. The van der Waals surface area contributed by atoms with E-state index in [1.165, 1.54) is 18.2 Å². The van der Waals surface area contributed by atoms with Crippen molar-refractivity contribution in [3.05, 3.63) is 70.6 Å². The van der Waals surface area contributed by atoms with Gasteiger partial charge in [-0.25, -0.2) is 4.39 Å². The second-order valence-corrected chi connectivity index (χ2v) is 5.41. The third-order valence-corrected chi connectivity index (χ3v) is 3.82. The lowest BCUT2D eigenvalue weighted by atomic mass is 10.1. The summed E-state index contributed by atoms with van der Waals surface area (Å²) in [7, 11) is 0. The van der Waals surface area contributed by atoms with Crippen molar-refractivity contribution in [2.24, 2.45) is 0 Å². The van der Waals surface area contributed by atoms with Crippen LogP contribution in [0.1, 0.15) is 15.9 Å². The van der Waals surface area contributed by atoms with Crippen molar-refractivity contribution >= 4 is 28.4 Å². The first kappa shape index (κ1) is 14.6. The minimum Gasteiger partial charge on any atom is -0.361 e. The molecule has 3 nitrogen and oxygen atoms in total. The van der Waals surface area contributed by atoms with Gasteiger partial charge in [0.15, 0.2) is 0 Å². The molecule has 0 unspecified atom stereocenters. The largest absolute Gasteiger partial charge is 0.361 e. The number of hydrogen-bond donors (Lipinski definition) is 2. The van der Waals surface area contributed by atoms with Crippen LogP contribution in [0.3, 0.4) is 0 Å². The van der Waals surface area contributed by atoms with Crippen LogP contribution in [0.25, 0.3) is 10.9 Å². The standard InChI is InChI=1S/C17H14ClFN2O/c18-13-2-1-3-14(19)16(13)17(22)21-8-6-11-4-5-12-7-9-20-15(12)10-11/h1-5,7,9-10,20H,6,8H2,(H,21,22). The van der Waals surface area contributed by atoms with E-state index in [0.717, 1.165) is 16.5 Å². The third-order valence-electron chi connectivity index (χ3n) is 3.51. The summed E-state index contributed by atoms with van der Waals surface area (Å²) in [6, 6.07) is 12.3. The Labute approximate surface area is 132 Å². The maximum Gasteiger partial charge on any atom is 0.255 e. The van der Waals surface area contributed by atoms with Gasteiger partial charge < -0.3 is 10.3 Å². The molecule has 0 radical (unpaired) electrons. The predicted molar refractivity (Wildman–Crippen MR) is 85.7 cm³/mol. The van der Waals surface area contributed by atoms with Crippen LogP contribution in [0, 0.1) is 5.82 Å². The number of amides is 1. The number of benzene rings is 2. The lowest BCUT2D eigenvalue weighted by Crippen LogP contribution is -2.26. The van der Waals surface area contributed by atoms with E-state index >= 15 is 0 Å². The molecule has 2 aromatic carbocycles. The van der Waals surface area contributed by atoms with Crippen molar-refractivity contribution < 1.29 is 9.18 Å². The van der Waals surface area contributed by atoms with Crippen molar-refractivity contribution in [1.29, 1.82) is 0 Å². The Balaban J connectivity index is 1.64. The Morgan fingerprint density at radius 1 is 1.23 bits per heavy atom. The number of halogens is 2. The Bertz CT molecular complexity index is 808. The van der Waals surface area contributed by atoms with Gasteiger partial charge in [-0.1, -0.05) is 29.8 Å². The smallest absolute Gasteiger partial charge is 0.255 e. The highest BCUT2D eigenvalue weighted by Gasteiger charge is 2.14. The number of aromatic amines is 1. The van der Waals surface area contributed by atoms with Crippen molar-refractivity contribution in [1.82, 2.24) is 10.3 Å². The van der Waals surface area contributed by atoms with E-state index < -0.39 is 11.7 Å². The Morgan fingerprint density at radius 2 is 2.09 bits per heavy atom. The lowest BCUT2D eigenvalue weighted by Gasteiger charge is -2.08. The fourth-order valence-electron chi connectivity index (χ4n) is 2.37. The van der Waals surface area contributed by atoms with Crippen LogP contribution in [-0.4, -0.2) is 17.4 Å². The molecule has 0 bridgehead atoms. The first-order valence-corrected chi connectivity index (χ1v) is 7.31. The second-order valence-electron chi connectivity index (χ2n) is 5.00. The maximum absolute atomic E-state index is 13.6. The average molecular weight is 317 g/mol. The highest BCUT2D eigenvalue weighted by Crippen LogP contribution is 2.19. The molecule has 0 saturated heterocycles. The van der Waals surface area contributed by atoms with Gasteiger partial charge in [-0.2, -0.15) is 0 Å². The molecular formula is C17H14ClFN2O. The topological polar surface area (TPSA) is 44.9 Å². The number of carbonyl (C=O) groups is 1. The highest BCUT2D eigenvalue weighted by molar-refractivity contribution is 6.33. The van der Waals surface area contributed by atoms with Gasteiger partial charge in [0.1, 0.15) is 5.82 Å². The zero-order valence-electron chi connectivity index (χ0n) is 11.7. The van der Waals surface area contributed by atoms with Crippen LogP contribution in [0.5, 0.6) is 0 Å². The molecule has 0 saturated carbocycles. The molecule has 0 aliphatic heterocycles. The Kier molecular flexibility index (Phi) is 4.11. The molecule has 0 spiro atoms. The lowest BCUT2D eigenvalue weighted by molar-refractivity contribution is 0.0950. The van der Waals surface area contributed by atoms with Crippen LogP contribution in [0.4, 0.5) is 4.39 Å². The van der Waals surface area contributed by atoms with Gasteiger partial charge in [0.25, 0.3) is 5.91 Å². The second kappa shape index (κ2) is 6.20. The number of hydrogen-bond acceptors (Lipinski definition) is 1. The summed E-state index contributed by atoms with van der Waals surface area (Å²) < 4.78 is 13.6. The first-order chi connectivity index (χ1) is 10.6. The number of fused-ring (bicyclic) bond motifs is 1. The molecule has 2 N–H and O–H groups in total. The van der Waals surface area contributed by atoms with Gasteiger partial charge in [0, 0.05) is 18.3 Å². The maximum atomic E-state index is 13.6. The minimum atomic E-state index is -0.613. The number of nitrogens with one attached hydrogen (secondary N) is 2. The fraction of sp³-hybridized carbons (Fsp3) is 0.118. The third kappa shape index (κ3) is 2.97. The number of H-pyrrole nitrogens is 1. The summed E-state index contributed by atoms with van der Waals surface area (Å²) in [5.74, 6) is -1.11. The first-order valence-electron chi connectivity index (χ1n) is 6.93. The van der Waals surface area contributed by atoms with E-state index in [9.17, 15) is 9.18 Å². The number of carbonyl (C=O) groups excluding carboxylic acids is 1. The molecule has 22 heavy (non-hydrogen) atoms. The summed E-state index contributed by atoms with van der Waals surface area (Å²) in [4.78, 5) is 15.2. The van der Waals surface area contributed by atoms with E-state index in [-0.39, 0.29) is 10.6 Å². The summed E-state index contributed by atoms with van der Waals surface area (Å²) in [5, 5.41) is 3.96. The predicted octanol–water partition coefficient (Wildman–Crippen LogP) is 3.93. The van der Waals surface area contributed by atoms with Gasteiger partial charge in [-0.15, -0.1) is 0 Å². The molecule has 3 rings (SSSR count). The molecule has 1 aromatic heterocycles. The number of rotatable bonds is 4.